The van der Waals surface area contributed by atoms with E-state index in [0.29, 0.717) is 17.9 Å². The van der Waals surface area contributed by atoms with Crippen molar-refractivity contribution in [3.8, 4) is 11.5 Å². The monoisotopic (exact) mass is 385 g/mol. The maximum atomic E-state index is 12.2. The van der Waals surface area contributed by atoms with E-state index in [1.165, 1.54) is 25.3 Å². The van der Waals surface area contributed by atoms with E-state index in [4.69, 9.17) is 4.74 Å². The molecule has 28 heavy (non-hydrogen) atoms. The van der Waals surface area contributed by atoms with E-state index in [1.807, 2.05) is 6.92 Å². The number of anilines is 1. The highest BCUT2D eigenvalue weighted by Crippen LogP contribution is 2.28. The number of rotatable bonds is 9. The van der Waals surface area contributed by atoms with E-state index in [0.717, 1.165) is 6.42 Å². The van der Waals surface area contributed by atoms with Crippen LogP contribution in [0.15, 0.2) is 42.5 Å². The Bertz CT molecular complexity index is 844. The Kier molecular flexibility index (Phi) is 7.56. The summed E-state index contributed by atoms with van der Waals surface area (Å²) in [4.78, 5) is 35.9. The number of aromatic hydroxyl groups is 1. The fourth-order valence-electron chi connectivity index (χ4n) is 2.46. The minimum atomic E-state index is -0.713. The number of phenols is 1. The number of Topliss-reactive ketones (excluding diaryl/α,β-unsaturated/α-hetero) is 1. The second kappa shape index (κ2) is 10.1. The van der Waals surface area contributed by atoms with Crippen molar-refractivity contribution in [2.45, 2.75) is 26.2 Å². The molecule has 7 heteroatoms. The Hall–Kier alpha value is -3.35. The van der Waals surface area contributed by atoms with Crippen molar-refractivity contribution >= 4 is 23.3 Å². The number of carbonyl (C=O) groups excluding carboxylic acids is 3. The van der Waals surface area contributed by atoms with Crippen LogP contribution in [0, 0.1) is 0 Å². The molecular formula is C21H23NO6. The topological polar surface area (TPSA) is 102 Å². The van der Waals surface area contributed by atoms with Gasteiger partial charge in [0.2, 0.25) is 5.91 Å². The van der Waals surface area contributed by atoms with Gasteiger partial charge < -0.3 is 19.9 Å². The lowest BCUT2D eigenvalue weighted by Crippen LogP contribution is -2.14. The summed E-state index contributed by atoms with van der Waals surface area (Å²) < 4.78 is 10.0. The van der Waals surface area contributed by atoms with Gasteiger partial charge in [-0.15, -0.1) is 0 Å². The SMILES string of the molecule is CCCOc1ccc(C(=O)CCC(=O)Nc2cccc(C(=O)OC)c2O)cc1. The summed E-state index contributed by atoms with van der Waals surface area (Å²) in [5.74, 6) is -1.03. The van der Waals surface area contributed by atoms with Gasteiger partial charge in [0.15, 0.2) is 11.5 Å². The molecule has 148 valence electrons. The molecule has 0 saturated carbocycles. The van der Waals surface area contributed by atoms with Gasteiger partial charge in [-0.2, -0.15) is 0 Å². The molecule has 2 N–H and O–H groups in total. The Morgan fingerprint density at radius 3 is 2.39 bits per heavy atom. The normalized spacial score (nSPS) is 10.2. The van der Waals surface area contributed by atoms with Crippen LogP contribution < -0.4 is 10.1 Å². The average Bonchev–Trinajstić information content (AvgIpc) is 2.71. The Morgan fingerprint density at radius 1 is 1.04 bits per heavy atom. The number of hydrogen-bond donors (Lipinski definition) is 2. The lowest BCUT2D eigenvalue weighted by Gasteiger charge is -2.10. The average molecular weight is 385 g/mol. The van der Waals surface area contributed by atoms with Gasteiger partial charge in [0.1, 0.15) is 11.3 Å². The fraction of sp³-hybridized carbons (Fsp3) is 0.286. The molecule has 0 atom stereocenters. The van der Waals surface area contributed by atoms with E-state index in [-0.39, 0.29) is 35.6 Å². The number of nitrogens with one attached hydrogen (secondary N) is 1. The number of ketones is 1. The van der Waals surface area contributed by atoms with E-state index in [9.17, 15) is 19.5 Å². The largest absolute Gasteiger partial charge is 0.505 e. The van der Waals surface area contributed by atoms with Crippen LogP contribution >= 0.6 is 0 Å². The highest BCUT2D eigenvalue weighted by atomic mass is 16.5. The number of ether oxygens (including phenoxy) is 2. The maximum absolute atomic E-state index is 12.2. The number of methoxy groups -OCH3 is 1. The Morgan fingerprint density at radius 2 is 1.75 bits per heavy atom. The summed E-state index contributed by atoms with van der Waals surface area (Å²) in [6.45, 7) is 2.62. The van der Waals surface area contributed by atoms with Crippen molar-refractivity contribution in [3.05, 3.63) is 53.6 Å². The number of carbonyl (C=O) groups is 3. The van der Waals surface area contributed by atoms with Crippen LogP contribution in [-0.2, 0) is 9.53 Å². The lowest BCUT2D eigenvalue weighted by molar-refractivity contribution is -0.116. The maximum Gasteiger partial charge on any atom is 0.341 e. The summed E-state index contributed by atoms with van der Waals surface area (Å²) in [6, 6.07) is 11.1. The van der Waals surface area contributed by atoms with Crippen molar-refractivity contribution < 1.29 is 29.0 Å². The van der Waals surface area contributed by atoms with Gasteiger partial charge >= 0.3 is 5.97 Å². The summed E-state index contributed by atoms with van der Waals surface area (Å²) in [5, 5.41) is 12.6. The molecule has 2 rings (SSSR count). The van der Waals surface area contributed by atoms with E-state index in [2.05, 4.69) is 10.1 Å². The molecule has 2 aromatic rings. The van der Waals surface area contributed by atoms with Gasteiger partial charge in [-0.1, -0.05) is 13.0 Å². The first-order valence-corrected chi connectivity index (χ1v) is 8.92. The molecule has 1 amide bonds. The number of amides is 1. The third-order valence-electron chi connectivity index (χ3n) is 3.94. The predicted molar refractivity (Wildman–Crippen MR) is 104 cm³/mol. The highest BCUT2D eigenvalue weighted by Gasteiger charge is 2.16. The van der Waals surface area contributed by atoms with Gasteiger partial charge in [-0.05, 0) is 42.8 Å². The first kappa shape index (κ1) is 21.0. The second-order valence-corrected chi connectivity index (χ2v) is 6.04. The van der Waals surface area contributed by atoms with E-state index in [1.54, 1.807) is 24.3 Å². The van der Waals surface area contributed by atoms with Crippen molar-refractivity contribution in [1.82, 2.24) is 0 Å². The molecule has 0 radical (unpaired) electrons. The van der Waals surface area contributed by atoms with Gasteiger partial charge in [-0.25, -0.2) is 4.79 Å². The Balaban J connectivity index is 1.92. The third kappa shape index (κ3) is 5.57. The zero-order chi connectivity index (χ0) is 20.5. The summed E-state index contributed by atoms with van der Waals surface area (Å²) >= 11 is 0. The van der Waals surface area contributed by atoms with Crippen LogP contribution in [0.4, 0.5) is 5.69 Å². The number of esters is 1. The fourth-order valence-corrected chi connectivity index (χ4v) is 2.46. The first-order chi connectivity index (χ1) is 13.5. The van der Waals surface area contributed by atoms with E-state index < -0.39 is 11.9 Å². The highest BCUT2D eigenvalue weighted by molar-refractivity contribution is 6.01. The van der Waals surface area contributed by atoms with Crippen LogP contribution in [0.1, 0.15) is 46.9 Å². The molecule has 0 spiro atoms. The minimum absolute atomic E-state index is 0.0124. The zero-order valence-electron chi connectivity index (χ0n) is 15.9. The third-order valence-corrected chi connectivity index (χ3v) is 3.94. The molecule has 2 aromatic carbocycles. The molecule has 0 aliphatic rings. The molecule has 0 aromatic heterocycles. The summed E-state index contributed by atoms with van der Waals surface area (Å²) in [7, 11) is 1.20. The quantitative estimate of drug-likeness (QED) is 0.389. The molecule has 0 aliphatic carbocycles. The van der Waals surface area contributed by atoms with Gasteiger partial charge in [0.05, 0.1) is 19.4 Å². The van der Waals surface area contributed by atoms with E-state index >= 15 is 0 Å². The number of para-hydroxylation sites is 1. The molecule has 0 aliphatic heterocycles. The Labute approximate surface area is 163 Å². The molecule has 0 bridgehead atoms. The van der Waals surface area contributed by atoms with Crippen LogP contribution in [0.25, 0.3) is 0 Å². The molecule has 0 heterocycles. The number of benzene rings is 2. The molecule has 0 unspecified atom stereocenters. The predicted octanol–water partition coefficient (Wildman–Crippen LogP) is 3.57. The molecule has 7 nitrogen and oxygen atoms in total. The minimum Gasteiger partial charge on any atom is -0.505 e. The zero-order valence-corrected chi connectivity index (χ0v) is 15.9. The van der Waals surface area contributed by atoms with Crippen molar-refractivity contribution in [1.29, 1.82) is 0 Å². The number of hydrogen-bond acceptors (Lipinski definition) is 6. The summed E-state index contributed by atoms with van der Waals surface area (Å²) in [6.07, 6.45) is 0.848. The van der Waals surface area contributed by atoms with Gasteiger partial charge in [0.25, 0.3) is 0 Å². The van der Waals surface area contributed by atoms with Crippen molar-refractivity contribution in [3.63, 3.8) is 0 Å². The van der Waals surface area contributed by atoms with Crippen LogP contribution in [0.2, 0.25) is 0 Å². The molecular weight excluding hydrogens is 362 g/mol. The smallest absolute Gasteiger partial charge is 0.341 e. The first-order valence-electron chi connectivity index (χ1n) is 8.92. The standard InChI is InChI=1S/C21H23NO6/c1-3-13-28-15-9-7-14(8-10-15)18(23)11-12-19(24)22-17-6-4-5-16(20(17)25)21(26)27-2/h4-10,25H,3,11-13H2,1-2H3,(H,22,24). The van der Waals surface area contributed by atoms with Crippen molar-refractivity contribution in [2.75, 3.05) is 19.0 Å². The van der Waals surface area contributed by atoms with Gasteiger partial charge in [-0.3, -0.25) is 9.59 Å². The van der Waals surface area contributed by atoms with Crippen LogP contribution in [0.5, 0.6) is 11.5 Å². The van der Waals surface area contributed by atoms with Crippen LogP contribution in [-0.4, -0.2) is 36.5 Å². The van der Waals surface area contributed by atoms with Crippen molar-refractivity contribution in [2.24, 2.45) is 0 Å². The number of phenolic OH excluding ortho intramolecular Hbond substituents is 1. The molecule has 0 fully saturated rings. The molecule has 0 saturated heterocycles. The summed E-state index contributed by atoms with van der Waals surface area (Å²) in [5.41, 5.74) is 0.520. The lowest BCUT2D eigenvalue weighted by atomic mass is 10.1. The van der Waals surface area contributed by atoms with Crippen LogP contribution in [0.3, 0.4) is 0 Å². The second-order valence-electron chi connectivity index (χ2n) is 6.04. The van der Waals surface area contributed by atoms with Gasteiger partial charge in [0, 0.05) is 18.4 Å².